The smallest absolute Gasteiger partial charge is 0.300 e. The quantitative estimate of drug-likeness (QED) is 0.277. The van der Waals surface area contributed by atoms with Gasteiger partial charge in [0, 0.05) is 23.3 Å². The fourth-order valence-electron chi connectivity index (χ4n) is 7.80. The highest BCUT2D eigenvalue weighted by molar-refractivity contribution is 7.92. The molecule has 0 N–H and O–H groups in total. The van der Waals surface area contributed by atoms with Crippen LogP contribution in [-0.4, -0.2) is 42.2 Å². The molecule has 6 rings (SSSR count). The van der Waals surface area contributed by atoms with Crippen LogP contribution in [0.3, 0.4) is 0 Å². The van der Waals surface area contributed by atoms with Crippen LogP contribution in [0.15, 0.2) is 53.4 Å². The van der Waals surface area contributed by atoms with Crippen molar-refractivity contribution in [1.29, 1.82) is 0 Å². The Labute approximate surface area is 257 Å². The molecule has 1 aliphatic carbocycles. The van der Waals surface area contributed by atoms with Crippen molar-refractivity contribution in [2.75, 3.05) is 13.1 Å². The topological polar surface area (TPSA) is 55.2 Å². The first-order chi connectivity index (χ1) is 20.5. The van der Waals surface area contributed by atoms with Gasteiger partial charge in [0.2, 0.25) is 0 Å². The lowest BCUT2D eigenvalue weighted by atomic mass is 9.79. The number of halogens is 4. The van der Waals surface area contributed by atoms with Gasteiger partial charge in [0.25, 0.3) is 0 Å². The summed E-state index contributed by atoms with van der Waals surface area (Å²) >= 11 is 6.15. The van der Waals surface area contributed by atoms with Gasteiger partial charge in [-0.05, 0) is 131 Å². The summed E-state index contributed by atoms with van der Waals surface area (Å²) in [5.74, 6) is 0.518. The van der Waals surface area contributed by atoms with Gasteiger partial charge < -0.3 is 4.90 Å². The van der Waals surface area contributed by atoms with Crippen molar-refractivity contribution in [2.24, 2.45) is 0 Å². The number of aromatic nitrogens is 2. The average Bonchev–Trinajstić information content (AvgIpc) is 3.40. The van der Waals surface area contributed by atoms with Crippen molar-refractivity contribution in [3.63, 3.8) is 0 Å². The molecule has 2 fully saturated rings. The maximum absolute atomic E-state index is 14.3. The zero-order chi connectivity index (χ0) is 30.4. The fourth-order valence-corrected chi connectivity index (χ4v) is 10.1. The number of likely N-dealkylation sites (tertiary alicyclic amines) is 1. The van der Waals surface area contributed by atoms with E-state index in [1.54, 1.807) is 24.3 Å². The predicted octanol–water partition coefficient (Wildman–Crippen LogP) is 7.95. The Morgan fingerprint density at radius 3 is 2.19 bits per heavy atom. The van der Waals surface area contributed by atoms with Crippen LogP contribution in [0.2, 0.25) is 5.02 Å². The molecule has 2 aliphatic heterocycles. The molecule has 0 amide bonds. The summed E-state index contributed by atoms with van der Waals surface area (Å²) in [6.07, 6.45) is 4.34. The van der Waals surface area contributed by atoms with Gasteiger partial charge in [-0.1, -0.05) is 30.7 Å². The first-order valence-electron chi connectivity index (χ1n) is 15.5. The largest absolute Gasteiger partial charge is 0.416 e. The van der Waals surface area contributed by atoms with Crippen molar-refractivity contribution in [3.05, 3.63) is 81.6 Å². The SMILES string of the molecule is CCc1nn2c(c1C1CCN(C3CCC(c4ccc(Cl)cc4)(S(=O)(=O)c4ccc(C(F)(F)F)cc4)CC3)CC1)CCCC2. The number of rotatable bonds is 6. The second-order valence-electron chi connectivity index (χ2n) is 12.4. The predicted molar refractivity (Wildman–Crippen MR) is 162 cm³/mol. The molecule has 3 aromatic rings. The minimum absolute atomic E-state index is 0.0778. The molecular formula is C33H39ClF3N3O2S. The fraction of sp³-hybridized carbons (Fsp3) is 0.545. The number of sulfone groups is 1. The van der Waals surface area contributed by atoms with Crippen LogP contribution >= 0.6 is 11.6 Å². The number of fused-ring (bicyclic) bond motifs is 1. The second kappa shape index (κ2) is 11.9. The number of piperidine rings is 1. The Bertz CT molecular complexity index is 1540. The van der Waals surface area contributed by atoms with Gasteiger partial charge in [-0.15, -0.1) is 0 Å². The van der Waals surface area contributed by atoms with Crippen molar-refractivity contribution >= 4 is 21.4 Å². The first-order valence-corrected chi connectivity index (χ1v) is 17.4. The Morgan fingerprint density at radius 1 is 0.930 bits per heavy atom. The van der Waals surface area contributed by atoms with Crippen LogP contribution in [0.1, 0.15) is 92.3 Å². The number of benzene rings is 2. The summed E-state index contributed by atoms with van der Waals surface area (Å²) in [6.45, 7) is 5.17. The highest BCUT2D eigenvalue weighted by atomic mass is 35.5. The minimum atomic E-state index is -4.53. The van der Waals surface area contributed by atoms with Crippen molar-refractivity contribution in [1.82, 2.24) is 14.7 Å². The highest BCUT2D eigenvalue weighted by Crippen LogP contribution is 2.49. The summed E-state index contributed by atoms with van der Waals surface area (Å²) < 4.78 is 69.2. The van der Waals surface area contributed by atoms with E-state index in [2.05, 4.69) is 16.5 Å². The van der Waals surface area contributed by atoms with E-state index in [0.29, 0.717) is 42.2 Å². The molecule has 0 atom stereocenters. The lowest BCUT2D eigenvalue weighted by molar-refractivity contribution is -0.137. The Morgan fingerprint density at radius 2 is 1.58 bits per heavy atom. The normalized spacial score (nSPS) is 24.2. The molecule has 10 heteroatoms. The number of alkyl halides is 3. The van der Waals surface area contributed by atoms with Crippen LogP contribution in [0.4, 0.5) is 13.2 Å². The number of hydrogen-bond donors (Lipinski definition) is 0. The summed E-state index contributed by atoms with van der Waals surface area (Å²) in [6, 6.07) is 11.1. The molecule has 0 spiro atoms. The van der Waals surface area contributed by atoms with Crippen LogP contribution < -0.4 is 0 Å². The maximum atomic E-state index is 14.3. The van der Waals surface area contributed by atoms with Crippen LogP contribution in [0.5, 0.6) is 0 Å². The summed E-state index contributed by atoms with van der Waals surface area (Å²) in [5, 5.41) is 5.46. The van der Waals surface area contributed by atoms with Crippen molar-refractivity contribution in [3.8, 4) is 0 Å². The zero-order valence-corrected chi connectivity index (χ0v) is 26.1. The molecule has 0 unspecified atom stereocenters. The molecular weight excluding hydrogens is 595 g/mol. The van der Waals surface area contributed by atoms with Gasteiger partial charge in [0.05, 0.1) is 16.2 Å². The molecule has 1 aromatic heterocycles. The van der Waals surface area contributed by atoms with E-state index in [0.717, 1.165) is 69.6 Å². The number of nitrogens with zero attached hydrogens (tertiary/aromatic N) is 3. The molecule has 3 heterocycles. The van der Waals surface area contributed by atoms with Gasteiger partial charge in [-0.2, -0.15) is 18.3 Å². The van der Waals surface area contributed by atoms with E-state index < -0.39 is 26.3 Å². The third kappa shape index (κ3) is 5.66. The monoisotopic (exact) mass is 633 g/mol. The molecule has 5 nitrogen and oxygen atoms in total. The summed E-state index contributed by atoms with van der Waals surface area (Å²) in [5.41, 5.74) is 3.98. The van der Waals surface area contributed by atoms with Crippen molar-refractivity contribution < 1.29 is 21.6 Å². The molecule has 0 radical (unpaired) electrons. The van der Waals surface area contributed by atoms with Crippen LogP contribution in [0.25, 0.3) is 0 Å². The summed E-state index contributed by atoms with van der Waals surface area (Å²) in [7, 11) is -4.00. The lowest BCUT2D eigenvalue weighted by Crippen LogP contribution is -2.48. The molecule has 3 aliphatic rings. The average molecular weight is 634 g/mol. The zero-order valence-electron chi connectivity index (χ0n) is 24.5. The Balaban J connectivity index is 1.20. The van der Waals surface area contributed by atoms with E-state index in [-0.39, 0.29) is 10.9 Å². The highest BCUT2D eigenvalue weighted by Gasteiger charge is 2.49. The maximum Gasteiger partial charge on any atom is 0.416 e. The van der Waals surface area contributed by atoms with Gasteiger partial charge in [0.15, 0.2) is 9.84 Å². The Hall–Kier alpha value is -2.36. The first kappa shape index (κ1) is 30.7. The lowest BCUT2D eigenvalue weighted by Gasteiger charge is -2.45. The minimum Gasteiger partial charge on any atom is -0.300 e. The molecule has 43 heavy (non-hydrogen) atoms. The van der Waals surface area contributed by atoms with Crippen LogP contribution in [-0.2, 0) is 40.1 Å². The number of aryl methyl sites for hydroxylation is 2. The summed E-state index contributed by atoms with van der Waals surface area (Å²) in [4.78, 5) is 2.46. The molecule has 2 aromatic carbocycles. The van der Waals surface area contributed by atoms with Gasteiger partial charge in [-0.3, -0.25) is 4.68 Å². The van der Waals surface area contributed by atoms with E-state index in [1.807, 2.05) is 0 Å². The molecule has 1 saturated carbocycles. The van der Waals surface area contributed by atoms with E-state index in [9.17, 15) is 21.6 Å². The van der Waals surface area contributed by atoms with E-state index >= 15 is 0 Å². The van der Waals surface area contributed by atoms with E-state index in [4.69, 9.17) is 16.7 Å². The van der Waals surface area contributed by atoms with E-state index in [1.165, 1.54) is 29.8 Å². The van der Waals surface area contributed by atoms with Crippen LogP contribution in [0, 0.1) is 0 Å². The molecule has 1 saturated heterocycles. The molecule has 232 valence electrons. The second-order valence-corrected chi connectivity index (χ2v) is 15.1. The molecule has 0 bridgehead atoms. The standard InChI is InChI=1S/C33H39ClF3N3O2S/c1-2-29-31(30-5-3-4-20-40(30)38-29)23-16-21-39(22-17-23)27-14-18-32(19-15-27,24-6-10-26(34)11-7-24)43(41,42)28-12-8-25(9-13-28)33(35,36)37/h6-13,23,27H,2-5,14-22H2,1H3. The third-order valence-corrected chi connectivity index (χ3v) is 13.0. The Kier molecular flexibility index (Phi) is 8.46. The van der Waals surface area contributed by atoms with Crippen molar-refractivity contribution in [2.45, 2.75) is 105 Å². The van der Waals surface area contributed by atoms with Gasteiger partial charge in [0.1, 0.15) is 4.75 Å². The number of hydrogen-bond acceptors (Lipinski definition) is 4. The van der Waals surface area contributed by atoms with Gasteiger partial charge >= 0.3 is 6.18 Å². The van der Waals surface area contributed by atoms with Gasteiger partial charge in [-0.25, -0.2) is 8.42 Å². The third-order valence-electron chi connectivity index (χ3n) is 10.1.